The van der Waals surface area contributed by atoms with Crippen molar-refractivity contribution in [2.24, 2.45) is 11.8 Å². The first-order valence-electron chi connectivity index (χ1n) is 42.5. The monoisotopic (exact) mass is 1480 g/mol. The summed E-state index contributed by atoms with van der Waals surface area (Å²) in [7, 11) is -9.92. The number of aliphatic hydroxyl groups excluding tert-OH is 1. The number of rotatable bonds is 81. The molecule has 0 aromatic heterocycles. The maximum atomic E-state index is 13.1. The Morgan fingerprint density at radius 2 is 0.505 bits per heavy atom. The molecule has 0 spiro atoms. The number of phosphoric acid groups is 2. The largest absolute Gasteiger partial charge is 0.472 e. The van der Waals surface area contributed by atoms with E-state index in [0.717, 1.165) is 102 Å². The molecule has 0 heterocycles. The molecule has 6 atom stereocenters. The Bertz CT molecular complexity index is 1940. The first kappa shape index (κ1) is 99.1. The molecular formula is C82H160O17P2. The van der Waals surface area contributed by atoms with Crippen LogP contribution in [0.5, 0.6) is 0 Å². The van der Waals surface area contributed by atoms with Crippen LogP contribution in [0.4, 0.5) is 0 Å². The van der Waals surface area contributed by atoms with Crippen molar-refractivity contribution in [1.82, 2.24) is 0 Å². The summed E-state index contributed by atoms with van der Waals surface area (Å²) in [6.45, 7) is 9.49. The average Bonchev–Trinajstić information content (AvgIpc) is 1.08. The molecular weight excluding hydrogens is 1320 g/mol. The fraction of sp³-hybridized carbons (Fsp3) is 0.951. The van der Waals surface area contributed by atoms with E-state index < -0.39 is 97.5 Å². The molecule has 3 N–H and O–H groups in total. The van der Waals surface area contributed by atoms with Gasteiger partial charge in [0.15, 0.2) is 12.2 Å². The summed E-state index contributed by atoms with van der Waals surface area (Å²) in [4.78, 5) is 72.9. The Hall–Kier alpha value is -1.94. The number of ether oxygens (including phenoxy) is 4. The number of unbranched alkanes of at least 4 members (excludes halogenated alkanes) is 50. The van der Waals surface area contributed by atoms with Gasteiger partial charge in [-0.2, -0.15) is 0 Å². The zero-order valence-corrected chi connectivity index (χ0v) is 68.0. The molecule has 0 radical (unpaired) electrons. The van der Waals surface area contributed by atoms with Gasteiger partial charge in [0.05, 0.1) is 26.4 Å². The van der Waals surface area contributed by atoms with Crippen LogP contribution in [0.25, 0.3) is 0 Å². The molecule has 0 fully saturated rings. The van der Waals surface area contributed by atoms with Crippen molar-refractivity contribution in [1.29, 1.82) is 0 Å². The van der Waals surface area contributed by atoms with Crippen LogP contribution in [0, 0.1) is 11.8 Å². The molecule has 3 unspecified atom stereocenters. The van der Waals surface area contributed by atoms with Gasteiger partial charge in [-0.15, -0.1) is 0 Å². The molecule has 17 nitrogen and oxygen atoms in total. The molecule has 0 aromatic rings. The first-order chi connectivity index (χ1) is 48.9. The SMILES string of the molecule is CCCCCCCCCCCCCCCCCCCCCCCCC(=O)O[C@H](COC(=O)CCCCCCCCCCCCCCCCCCCCCC)COP(=O)(O)OC[C@@H](O)COP(=O)(O)OC[C@@H](COC(=O)CCCCCCCCC(C)C)OC(=O)CCCCCCCCC(C)CC. The quantitative estimate of drug-likeness (QED) is 0.0222. The summed E-state index contributed by atoms with van der Waals surface area (Å²) >= 11 is 0. The lowest BCUT2D eigenvalue weighted by Gasteiger charge is -2.21. The van der Waals surface area contributed by atoms with Crippen molar-refractivity contribution in [2.75, 3.05) is 39.6 Å². The molecule has 0 saturated carbocycles. The summed E-state index contributed by atoms with van der Waals surface area (Å²) in [5, 5.41) is 10.6. The van der Waals surface area contributed by atoms with Gasteiger partial charge in [-0.05, 0) is 37.5 Å². The Kier molecular flexibility index (Phi) is 72.2. The zero-order valence-electron chi connectivity index (χ0n) is 66.2. The van der Waals surface area contributed by atoms with Crippen molar-refractivity contribution >= 4 is 39.5 Å². The molecule has 0 rings (SSSR count). The van der Waals surface area contributed by atoms with Crippen LogP contribution in [0.15, 0.2) is 0 Å². The van der Waals surface area contributed by atoms with Crippen molar-refractivity contribution in [3.63, 3.8) is 0 Å². The van der Waals surface area contributed by atoms with Gasteiger partial charge in [-0.3, -0.25) is 37.3 Å². The van der Waals surface area contributed by atoms with Crippen LogP contribution in [0.1, 0.15) is 433 Å². The van der Waals surface area contributed by atoms with E-state index in [1.807, 2.05) is 0 Å². The fourth-order valence-corrected chi connectivity index (χ4v) is 14.3. The third-order valence-corrected chi connectivity index (χ3v) is 21.5. The van der Waals surface area contributed by atoms with E-state index in [1.54, 1.807) is 0 Å². The molecule has 0 aliphatic heterocycles. The summed E-state index contributed by atoms with van der Waals surface area (Å²) in [5.41, 5.74) is 0. The second-order valence-electron chi connectivity index (χ2n) is 30.2. The standard InChI is InChI=1S/C82H160O17P2/c1-7-10-12-14-16-18-20-22-24-26-28-30-31-33-35-37-39-41-43-45-54-60-66-81(86)98-77(70-92-79(84)64-58-52-44-42-40-38-36-34-32-29-27-25-23-21-19-17-15-13-11-8-2)72-96-100(88,89)94-68-76(83)69-95-101(90,91)97-73-78(71-93-80(85)65-59-53-48-46-50-56-62-74(4)5)99-82(87)67-61-55-49-47-51-57-63-75(6)9-3/h74-78,83H,7-73H2,1-6H3,(H,88,89)(H,90,91)/t75?,76-,77-,78-/m1/s1. The van der Waals surface area contributed by atoms with Gasteiger partial charge >= 0.3 is 39.5 Å². The van der Waals surface area contributed by atoms with Gasteiger partial charge in [0.1, 0.15) is 19.3 Å². The maximum absolute atomic E-state index is 13.1. The lowest BCUT2D eigenvalue weighted by atomic mass is 10.00. The number of aliphatic hydroxyl groups is 1. The highest BCUT2D eigenvalue weighted by molar-refractivity contribution is 7.47. The highest BCUT2D eigenvalue weighted by Gasteiger charge is 2.30. The lowest BCUT2D eigenvalue weighted by Crippen LogP contribution is -2.30. The molecule has 0 saturated heterocycles. The van der Waals surface area contributed by atoms with Crippen LogP contribution >= 0.6 is 15.6 Å². The van der Waals surface area contributed by atoms with Crippen LogP contribution in [-0.2, 0) is 65.4 Å². The van der Waals surface area contributed by atoms with Crippen molar-refractivity contribution in [2.45, 2.75) is 452 Å². The summed E-state index contributed by atoms with van der Waals surface area (Å²) in [5.74, 6) is -0.717. The van der Waals surface area contributed by atoms with Crippen molar-refractivity contribution < 1.29 is 80.2 Å². The summed E-state index contributed by atoms with van der Waals surface area (Å²) < 4.78 is 68.6. The van der Waals surface area contributed by atoms with E-state index in [9.17, 15) is 43.2 Å². The minimum absolute atomic E-state index is 0.102. The molecule has 600 valence electrons. The Balaban J connectivity index is 5.16. The highest BCUT2D eigenvalue weighted by atomic mass is 31.2. The van der Waals surface area contributed by atoms with E-state index in [-0.39, 0.29) is 25.7 Å². The topological polar surface area (TPSA) is 237 Å². The number of carbonyl (C=O) groups excluding carboxylic acids is 4. The third-order valence-electron chi connectivity index (χ3n) is 19.6. The van der Waals surface area contributed by atoms with Gasteiger partial charge < -0.3 is 33.8 Å². The third kappa shape index (κ3) is 74.7. The maximum Gasteiger partial charge on any atom is 0.472 e. The number of phosphoric ester groups is 2. The van der Waals surface area contributed by atoms with E-state index in [2.05, 4.69) is 41.5 Å². The Morgan fingerprint density at radius 1 is 0.287 bits per heavy atom. The normalized spacial score (nSPS) is 14.2. The Morgan fingerprint density at radius 3 is 0.752 bits per heavy atom. The smallest absolute Gasteiger partial charge is 0.462 e. The van der Waals surface area contributed by atoms with Crippen molar-refractivity contribution in [3.8, 4) is 0 Å². The fourth-order valence-electron chi connectivity index (χ4n) is 12.7. The number of carbonyl (C=O) groups is 4. The van der Waals surface area contributed by atoms with E-state index in [4.69, 9.17) is 37.0 Å². The van der Waals surface area contributed by atoms with E-state index in [1.165, 1.54) is 244 Å². The minimum Gasteiger partial charge on any atom is -0.462 e. The van der Waals surface area contributed by atoms with Crippen LogP contribution < -0.4 is 0 Å². The molecule has 101 heavy (non-hydrogen) atoms. The van der Waals surface area contributed by atoms with Gasteiger partial charge in [0.25, 0.3) is 0 Å². The first-order valence-corrected chi connectivity index (χ1v) is 45.5. The summed E-state index contributed by atoms with van der Waals surface area (Å²) in [6, 6.07) is 0. The minimum atomic E-state index is -4.96. The van der Waals surface area contributed by atoms with Gasteiger partial charge in [0, 0.05) is 25.7 Å². The number of hydrogen-bond acceptors (Lipinski definition) is 15. The average molecular weight is 1480 g/mol. The van der Waals surface area contributed by atoms with Crippen LogP contribution in [0.2, 0.25) is 0 Å². The van der Waals surface area contributed by atoms with Gasteiger partial charge in [-0.25, -0.2) is 9.13 Å². The van der Waals surface area contributed by atoms with Gasteiger partial charge in [-0.1, -0.05) is 382 Å². The predicted octanol–water partition coefficient (Wildman–Crippen LogP) is 24.7. The van der Waals surface area contributed by atoms with Gasteiger partial charge in [0.2, 0.25) is 0 Å². The molecule has 0 aromatic carbocycles. The second-order valence-corrected chi connectivity index (χ2v) is 33.1. The molecule has 0 aliphatic carbocycles. The number of esters is 4. The highest BCUT2D eigenvalue weighted by Crippen LogP contribution is 2.45. The lowest BCUT2D eigenvalue weighted by molar-refractivity contribution is -0.161. The van der Waals surface area contributed by atoms with Crippen LogP contribution in [-0.4, -0.2) is 96.7 Å². The molecule has 0 aliphatic rings. The predicted molar refractivity (Wildman–Crippen MR) is 414 cm³/mol. The van der Waals surface area contributed by atoms with Crippen molar-refractivity contribution in [3.05, 3.63) is 0 Å². The second kappa shape index (κ2) is 73.6. The summed E-state index contributed by atoms with van der Waals surface area (Å²) in [6.07, 6.45) is 64.4. The molecule has 19 heteroatoms. The Labute approximate surface area is 619 Å². The van der Waals surface area contributed by atoms with E-state index >= 15 is 0 Å². The number of hydrogen-bond donors (Lipinski definition) is 3. The molecule has 0 bridgehead atoms. The zero-order chi connectivity index (χ0) is 74.2. The molecule has 0 amide bonds. The van der Waals surface area contributed by atoms with E-state index in [0.29, 0.717) is 31.6 Å². The van der Waals surface area contributed by atoms with Crippen LogP contribution in [0.3, 0.4) is 0 Å².